The van der Waals surface area contributed by atoms with Gasteiger partial charge in [0.1, 0.15) is 5.75 Å². The first-order chi connectivity index (χ1) is 12.0. The largest absolute Gasteiger partial charge is 0.497 e. The Hall–Kier alpha value is -2.64. The number of hydrogen-bond donors (Lipinski definition) is 3. The molecule has 2 aromatic carbocycles. The maximum absolute atomic E-state index is 12.0. The molecule has 8 heteroatoms. The Morgan fingerprint density at radius 3 is 2.40 bits per heavy atom. The molecular weight excluding hydrogens is 362 g/mol. The van der Waals surface area contributed by atoms with Crippen LogP contribution in [-0.4, -0.2) is 24.0 Å². The molecule has 0 saturated carbocycles. The third-order valence-electron chi connectivity index (χ3n) is 3.18. The molecule has 6 nitrogen and oxygen atoms in total. The van der Waals surface area contributed by atoms with E-state index < -0.39 is 5.91 Å². The second kappa shape index (κ2) is 9.00. The molecule has 0 fully saturated rings. The molecule has 0 bridgehead atoms. The van der Waals surface area contributed by atoms with E-state index in [0.717, 1.165) is 5.56 Å². The fraction of sp³-hybridized carbons (Fsp3) is 0.118. The van der Waals surface area contributed by atoms with Gasteiger partial charge in [0, 0.05) is 0 Å². The van der Waals surface area contributed by atoms with Crippen LogP contribution in [0.2, 0.25) is 5.02 Å². The smallest absolute Gasteiger partial charge is 0.258 e. The highest BCUT2D eigenvalue weighted by Crippen LogP contribution is 2.14. The number of hydrogen-bond acceptors (Lipinski definition) is 4. The van der Waals surface area contributed by atoms with Crippen LogP contribution in [0.15, 0.2) is 48.5 Å². The molecule has 0 spiro atoms. The van der Waals surface area contributed by atoms with Crippen LogP contribution in [0, 0.1) is 0 Å². The molecular formula is C17H16ClN3O3S. The third-order valence-corrected chi connectivity index (χ3v) is 3.72. The lowest BCUT2D eigenvalue weighted by atomic mass is 10.1. The number of halogens is 1. The van der Waals surface area contributed by atoms with Crippen molar-refractivity contribution in [1.29, 1.82) is 0 Å². The summed E-state index contributed by atoms with van der Waals surface area (Å²) in [5.74, 6) is -0.0576. The summed E-state index contributed by atoms with van der Waals surface area (Å²) in [6.45, 7) is 0. The maximum Gasteiger partial charge on any atom is 0.258 e. The highest BCUT2D eigenvalue weighted by molar-refractivity contribution is 7.80. The number of amides is 2. The summed E-state index contributed by atoms with van der Waals surface area (Å²) >= 11 is 10.9. The van der Waals surface area contributed by atoms with Crippen molar-refractivity contribution < 1.29 is 14.3 Å². The van der Waals surface area contributed by atoms with Crippen LogP contribution in [0.5, 0.6) is 5.75 Å². The van der Waals surface area contributed by atoms with Crippen LogP contribution in [0.4, 0.5) is 0 Å². The molecule has 0 atom stereocenters. The Morgan fingerprint density at radius 2 is 1.76 bits per heavy atom. The van der Waals surface area contributed by atoms with E-state index in [1.165, 1.54) is 0 Å². The lowest BCUT2D eigenvalue weighted by molar-refractivity contribution is -0.121. The minimum absolute atomic E-state index is 0.0343. The minimum atomic E-state index is -0.465. The first-order valence-corrected chi connectivity index (χ1v) is 8.06. The highest BCUT2D eigenvalue weighted by atomic mass is 35.5. The van der Waals surface area contributed by atoms with E-state index in [1.807, 2.05) is 0 Å². The number of benzene rings is 2. The van der Waals surface area contributed by atoms with Gasteiger partial charge in [0.2, 0.25) is 5.91 Å². The van der Waals surface area contributed by atoms with E-state index in [2.05, 4.69) is 16.2 Å². The summed E-state index contributed by atoms with van der Waals surface area (Å²) in [7, 11) is 1.57. The summed E-state index contributed by atoms with van der Waals surface area (Å²) < 4.78 is 5.06. The molecule has 0 saturated heterocycles. The number of rotatable bonds is 4. The molecule has 0 aliphatic rings. The molecule has 0 aliphatic carbocycles. The predicted octanol–water partition coefficient (Wildman–Crippen LogP) is 2.23. The number of carbonyl (C=O) groups excluding carboxylic acids is 2. The van der Waals surface area contributed by atoms with E-state index >= 15 is 0 Å². The maximum atomic E-state index is 12.0. The molecule has 130 valence electrons. The van der Waals surface area contributed by atoms with Crippen LogP contribution in [0.3, 0.4) is 0 Å². The number of hydrazine groups is 1. The van der Waals surface area contributed by atoms with Gasteiger partial charge in [-0.3, -0.25) is 25.8 Å². The van der Waals surface area contributed by atoms with Crippen molar-refractivity contribution in [3.63, 3.8) is 0 Å². The van der Waals surface area contributed by atoms with E-state index in [9.17, 15) is 9.59 Å². The number of methoxy groups -OCH3 is 1. The predicted molar refractivity (Wildman–Crippen MR) is 99.5 cm³/mol. The molecule has 3 N–H and O–H groups in total. The Labute approximate surface area is 155 Å². The van der Waals surface area contributed by atoms with Crippen LogP contribution >= 0.6 is 23.8 Å². The summed E-state index contributed by atoms with van der Waals surface area (Å²) in [5, 5.41) is 2.71. The van der Waals surface area contributed by atoms with Gasteiger partial charge in [0.05, 0.1) is 24.1 Å². The molecule has 0 aliphatic heterocycles. The number of thiocarbonyl (C=S) groups is 1. The molecule has 0 heterocycles. The van der Waals surface area contributed by atoms with Crippen molar-refractivity contribution in [2.45, 2.75) is 6.42 Å². The molecule has 0 radical (unpaired) electrons. The zero-order valence-corrected chi connectivity index (χ0v) is 14.9. The summed E-state index contributed by atoms with van der Waals surface area (Å²) in [6, 6.07) is 13.7. The Bertz CT molecular complexity index is 781. The van der Waals surface area contributed by atoms with Gasteiger partial charge < -0.3 is 4.74 Å². The lowest BCUT2D eigenvalue weighted by Crippen LogP contribution is -2.48. The number of ether oxygens (including phenoxy) is 1. The molecule has 0 unspecified atom stereocenters. The second-order valence-electron chi connectivity index (χ2n) is 4.96. The standard InChI is InChI=1S/C17H16ClN3O3S/c1-24-12-8-6-11(7-9-12)10-15(22)20-21-17(25)19-16(23)13-4-2-3-5-14(13)18/h2-9H,10H2,1H3,(H,20,22)(H2,19,21,23,25). The summed E-state index contributed by atoms with van der Waals surface area (Å²) in [4.78, 5) is 23.9. The molecule has 0 aromatic heterocycles. The number of nitrogens with one attached hydrogen (secondary N) is 3. The lowest BCUT2D eigenvalue weighted by Gasteiger charge is -2.11. The molecule has 2 aromatic rings. The monoisotopic (exact) mass is 377 g/mol. The number of carbonyl (C=O) groups is 2. The van der Waals surface area contributed by atoms with Crippen LogP contribution in [-0.2, 0) is 11.2 Å². The zero-order chi connectivity index (χ0) is 18.2. The van der Waals surface area contributed by atoms with Gasteiger partial charge in [0.25, 0.3) is 5.91 Å². The Morgan fingerprint density at radius 1 is 1.08 bits per heavy atom. The quantitative estimate of drug-likeness (QED) is 0.562. The van der Waals surface area contributed by atoms with Crippen LogP contribution in [0.25, 0.3) is 0 Å². The fourth-order valence-corrected chi connectivity index (χ4v) is 2.31. The first-order valence-electron chi connectivity index (χ1n) is 7.27. The highest BCUT2D eigenvalue weighted by Gasteiger charge is 2.11. The van der Waals surface area contributed by atoms with E-state index in [-0.39, 0.29) is 23.0 Å². The zero-order valence-electron chi connectivity index (χ0n) is 13.3. The van der Waals surface area contributed by atoms with Crippen LogP contribution < -0.4 is 20.9 Å². The van der Waals surface area contributed by atoms with Crippen molar-refractivity contribution in [2.24, 2.45) is 0 Å². The van der Waals surface area contributed by atoms with E-state index in [1.54, 1.807) is 55.6 Å². The minimum Gasteiger partial charge on any atom is -0.497 e. The van der Waals surface area contributed by atoms with E-state index in [4.69, 9.17) is 28.6 Å². The van der Waals surface area contributed by atoms with Gasteiger partial charge >= 0.3 is 0 Å². The molecule has 2 amide bonds. The van der Waals surface area contributed by atoms with Crippen molar-refractivity contribution in [1.82, 2.24) is 16.2 Å². The molecule has 25 heavy (non-hydrogen) atoms. The van der Waals surface area contributed by atoms with Gasteiger partial charge in [-0.1, -0.05) is 35.9 Å². The van der Waals surface area contributed by atoms with Crippen molar-refractivity contribution in [2.75, 3.05) is 7.11 Å². The average Bonchev–Trinajstić information content (AvgIpc) is 2.61. The average molecular weight is 378 g/mol. The van der Waals surface area contributed by atoms with Crippen molar-refractivity contribution >= 4 is 40.7 Å². The van der Waals surface area contributed by atoms with Gasteiger partial charge in [-0.15, -0.1) is 0 Å². The van der Waals surface area contributed by atoms with Gasteiger partial charge in [0.15, 0.2) is 5.11 Å². The SMILES string of the molecule is COc1ccc(CC(=O)NNC(=S)NC(=O)c2ccccc2Cl)cc1. The van der Waals surface area contributed by atoms with Crippen LogP contribution in [0.1, 0.15) is 15.9 Å². The van der Waals surface area contributed by atoms with Gasteiger partial charge in [-0.05, 0) is 42.0 Å². The topological polar surface area (TPSA) is 79.5 Å². The third kappa shape index (κ3) is 5.74. The van der Waals surface area contributed by atoms with Gasteiger partial charge in [-0.2, -0.15) is 0 Å². The normalized spacial score (nSPS) is 9.84. The summed E-state index contributed by atoms with van der Waals surface area (Å²) in [6.07, 6.45) is 0.151. The van der Waals surface area contributed by atoms with Crippen molar-refractivity contribution in [3.05, 3.63) is 64.7 Å². The first kappa shape index (κ1) is 18.7. The van der Waals surface area contributed by atoms with Gasteiger partial charge in [-0.25, -0.2) is 0 Å². The second-order valence-corrected chi connectivity index (χ2v) is 5.78. The Balaban J connectivity index is 1.80. The van der Waals surface area contributed by atoms with Crippen molar-refractivity contribution in [3.8, 4) is 5.75 Å². The Kier molecular flexibility index (Phi) is 6.73. The molecule has 2 rings (SSSR count). The summed E-state index contributed by atoms with van der Waals surface area (Å²) in [5.41, 5.74) is 6.00. The fourth-order valence-electron chi connectivity index (χ4n) is 1.95. The van der Waals surface area contributed by atoms with E-state index in [0.29, 0.717) is 10.8 Å².